The van der Waals surface area contributed by atoms with Gasteiger partial charge in [0.05, 0.1) is 0 Å². The van der Waals surface area contributed by atoms with Gasteiger partial charge in [-0.1, -0.05) is 185 Å². The Labute approximate surface area is 642 Å². The van der Waals surface area contributed by atoms with E-state index < -0.39 is 132 Å². The first-order valence-corrected chi connectivity index (χ1v) is 38.8. The van der Waals surface area contributed by atoms with E-state index in [0.29, 0.717) is 22.6 Å². The van der Waals surface area contributed by atoms with E-state index in [1.54, 1.807) is 88.4 Å². The van der Waals surface area contributed by atoms with Gasteiger partial charge in [0.1, 0.15) is 78.9 Å². The largest absolute Gasteiger partial charge is 0.484 e. The van der Waals surface area contributed by atoms with Crippen LogP contribution in [0.15, 0.2) is 170 Å². The quantitative estimate of drug-likeness (QED) is 0.0176. The summed E-state index contributed by atoms with van der Waals surface area (Å²) in [7, 11) is 0. The predicted octanol–water partition coefficient (Wildman–Crippen LogP) is 7.89. The molecule has 9 rings (SSSR count). The highest BCUT2D eigenvalue weighted by Gasteiger charge is 2.37. The molecule has 0 aliphatic heterocycles. The maximum absolute atomic E-state index is 14.8. The monoisotopic (exact) mass is 1520 g/mol. The van der Waals surface area contributed by atoms with Crippen molar-refractivity contribution >= 4 is 101 Å². The molecular formula is C81H94N12O14S2. The molecule has 0 fully saturated rings. The van der Waals surface area contributed by atoms with E-state index in [2.05, 4.69) is 58.2 Å². The van der Waals surface area contributed by atoms with Gasteiger partial charge in [0.2, 0.25) is 47.3 Å². The molecular weight excluding hydrogens is 1430 g/mol. The Bertz CT molecular complexity index is 4050. The normalized spacial score (nSPS) is 14.1. The molecule has 0 saturated carbocycles. The Morgan fingerprint density at radius 3 is 1.06 bits per heavy atom. The van der Waals surface area contributed by atoms with Crippen LogP contribution in [0.2, 0.25) is 0 Å². The van der Waals surface area contributed by atoms with Gasteiger partial charge >= 0.3 is 12.2 Å². The van der Waals surface area contributed by atoms with Crippen LogP contribution < -0.4 is 63.6 Å². The molecule has 26 nitrogen and oxygen atoms in total. The Kier molecular flexibility index (Phi) is 29.7. The third kappa shape index (κ3) is 22.7. The second-order valence-electron chi connectivity index (χ2n) is 27.3. The van der Waals surface area contributed by atoms with E-state index in [1.807, 2.05) is 110 Å². The Morgan fingerprint density at radius 1 is 0.404 bits per heavy atom. The van der Waals surface area contributed by atoms with Crippen molar-refractivity contribution in [3.05, 3.63) is 203 Å². The number of amides is 11. The Morgan fingerprint density at radius 2 is 0.734 bits per heavy atom. The lowest BCUT2D eigenvalue weighted by Gasteiger charge is -2.27. The number of nitrogens with two attached hydrogens (primary N) is 1. The summed E-state index contributed by atoms with van der Waals surface area (Å²) in [5, 5.41) is 27.2. The Balaban J connectivity index is 0.855. The van der Waals surface area contributed by atoms with Gasteiger partial charge in [0.25, 0.3) is 5.91 Å². The highest BCUT2D eigenvalue weighted by Crippen LogP contribution is 2.46. The molecule has 28 heteroatoms. The molecule has 2 aliphatic carbocycles. The van der Waals surface area contributed by atoms with Gasteiger partial charge in [0, 0.05) is 36.8 Å². The molecule has 11 amide bonds. The number of benzene rings is 6. The van der Waals surface area contributed by atoms with E-state index in [9.17, 15) is 52.7 Å². The van der Waals surface area contributed by atoms with Crippen molar-refractivity contribution in [1.29, 1.82) is 0 Å². The number of primary amides is 1. The van der Waals surface area contributed by atoms with Crippen LogP contribution in [-0.4, -0.2) is 163 Å². The van der Waals surface area contributed by atoms with Gasteiger partial charge in [-0.3, -0.25) is 43.2 Å². The minimum Gasteiger partial charge on any atom is -0.484 e. The molecule has 0 bridgehead atoms. The number of carbonyl (C=O) groups is 11. The number of anilines is 2. The number of nitrogens with one attached hydrogen (secondary N) is 10. The maximum atomic E-state index is 14.8. The predicted molar refractivity (Wildman–Crippen MR) is 419 cm³/mol. The van der Waals surface area contributed by atoms with Crippen molar-refractivity contribution in [2.24, 2.45) is 17.6 Å². The second kappa shape index (κ2) is 39.5. The zero-order chi connectivity index (χ0) is 78.3. The average Bonchev–Trinajstić information content (AvgIpc) is 1.62. The molecule has 0 radical (unpaired) electrons. The fraction of sp³-hybridized carbons (Fsp3) is 0.358. The molecule has 0 spiro atoms. The number of alkyl carbamates (subject to hydrolysis) is 2. The van der Waals surface area contributed by atoms with Crippen LogP contribution in [0, 0.1) is 11.8 Å². The van der Waals surface area contributed by atoms with Gasteiger partial charge in [-0.25, -0.2) is 14.6 Å². The van der Waals surface area contributed by atoms with E-state index in [4.69, 9.17) is 19.9 Å². The van der Waals surface area contributed by atoms with Crippen LogP contribution in [0.5, 0.6) is 5.75 Å². The first-order valence-electron chi connectivity index (χ1n) is 36.1. The number of nitrogens with zero attached hydrogens (tertiary/aromatic N) is 1. The summed E-state index contributed by atoms with van der Waals surface area (Å²) in [6.07, 6.45) is 1.96. The number of aromatic nitrogens is 1. The molecule has 8 atom stereocenters. The molecule has 0 unspecified atom stereocenters. The molecule has 12 N–H and O–H groups in total. The smallest absolute Gasteiger partial charge is 0.407 e. The maximum Gasteiger partial charge on any atom is 0.407 e. The zero-order valence-corrected chi connectivity index (χ0v) is 63.6. The fourth-order valence-corrected chi connectivity index (χ4v) is 13.8. The highest BCUT2D eigenvalue weighted by atomic mass is 32.2. The van der Waals surface area contributed by atoms with Crippen LogP contribution in [-0.2, 0) is 65.5 Å². The highest BCUT2D eigenvalue weighted by molar-refractivity contribution is 7.98. The number of ether oxygens (including phenoxy) is 3. The minimum absolute atomic E-state index is 0.00931. The van der Waals surface area contributed by atoms with E-state index >= 15 is 0 Å². The lowest BCUT2D eigenvalue weighted by molar-refractivity contribution is -0.134. The summed E-state index contributed by atoms with van der Waals surface area (Å²) in [6, 6.07) is 41.6. The van der Waals surface area contributed by atoms with E-state index in [0.717, 1.165) is 44.5 Å². The molecule has 574 valence electrons. The third-order valence-corrected chi connectivity index (χ3v) is 19.9. The molecule has 0 saturated heterocycles. The lowest BCUT2D eigenvalue weighted by atomic mass is 9.98. The first-order chi connectivity index (χ1) is 52.4. The van der Waals surface area contributed by atoms with Crippen molar-refractivity contribution in [3.8, 4) is 28.0 Å². The molecule has 109 heavy (non-hydrogen) atoms. The summed E-state index contributed by atoms with van der Waals surface area (Å²) >= 11 is 2.80. The first kappa shape index (κ1) is 81.8. The van der Waals surface area contributed by atoms with Crippen LogP contribution in [0.4, 0.5) is 21.2 Å². The topological polar surface area (TPSA) is 375 Å². The van der Waals surface area contributed by atoms with E-state index in [1.165, 1.54) is 49.5 Å². The summed E-state index contributed by atoms with van der Waals surface area (Å²) in [6.45, 7) is 9.09. The van der Waals surface area contributed by atoms with Crippen LogP contribution in [0.3, 0.4) is 0 Å². The summed E-state index contributed by atoms with van der Waals surface area (Å²) in [5.41, 5.74) is 15.0. The number of carbonyl (C=O) groups excluding carboxylic acids is 11. The number of fused-ring (bicyclic) bond motifs is 6. The second-order valence-corrected chi connectivity index (χ2v) is 29.3. The van der Waals surface area contributed by atoms with Crippen molar-refractivity contribution in [2.45, 2.75) is 127 Å². The SMILES string of the molecule is CSCC[C@H](NC(=O)[C@@H](NC(=O)[C@H](C)NC(=O)OCC1c2ccccc2-c2ccccc21)C(C)C)C(=O)N[C@@H](Cc1ccccc1)C(=O)Nc1cc(OCC(N)=O)cc(NC(=O)[C@H](Cc2ccccc2)NC(=O)[C@H](CCSC)NC(=O)[C@@H](NC(=O)[C@H](C)NC(=O)OCC2c3ccccc3-c3ccccc32)C(C)C)n1. The number of pyridine rings is 1. The summed E-state index contributed by atoms with van der Waals surface area (Å²) < 4.78 is 17.1. The van der Waals surface area contributed by atoms with Crippen LogP contribution >= 0.6 is 23.5 Å². The molecule has 6 aromatic carbocycles. The van der Waals surface area contributed by atoms with Crippen LogP contribution in [0.1, 0.15) is 99.6 Å². The van der Waals surface area contributed by atoms with Gasteiger partial charge in [-0.2, -0.15) is 23.5 Å². The molecule has 7 aromatic rings. The molecule has 2 aliphatic rings. The average molecular weight is 1520 g/mol. The van der Waals surface area contributed by atoms with Gasteiger partial charge in [-0.05, 0) is 118 Å². The number of rotatable bonds is 37. The van der Waals surface area contributed by atoms with Gasteiger partial charge in [-0.15, -0.1) is 0 Å². The standard InChI is InChI=1S/C81H94N12O14S2/c1-46(2)70(92-72(95)48(5)83-80(103)106-43-61-57-31-19-15-27-53(57)54-28-16-20-32-58(54)61)78(101)85-63(35-37-108-7)74(97)87-65(39-50-23-11-9-12-24-50)76(99)90-68-41-52(105-45-67(82)94)42-69(89-68)91-77(100)66(40-51-25-13-10-14-26-51)88-75(98)64(36-38-109-8)86-79(102)71(47(3)4)93-73(96)49(6)84-81(104)107-44-62-59-33-21-17-29-55(59)56-30-18-22-34-60(56)62/h9-34,41-42,46-49,61-66,70-71H,35-40,43-45H2,1-8H3,(H2,82,94)(H,83,103)(H,84,104)(H,85,101)(H,86,102)(H,87,97)(H,88,98)(H,92,95)(H,93,96)(H2,89,90,91,99,100)/t48-,49-,63-,64-,65-,66-,70-,71-/m0/s1. The van der Waals surface area contributed by atoms with Gasteiger partial charge < -0.3 is 73.1 Å². The van der Waals surface area contributed by atoms with Gasteiger partial charge in [0.15, 0.2) is 6.61 Å². The fourth-order valence-electron chi connectivity index (χ4n) is 12.9. The number of hydrogen-bond donors (Lipinski definition) is 11. The zero-order valence-electron chi connectivity index (χ0n) is 62.0. The Hall–Kier alpha value is -11.3. The van der Waals surface area contributed by atoms with Crippen molar-refractivity contribution in [3.63, 3.8) is 0 Å². The van der Waals surface area contributed by atoms with E-state index in [-0.39, 0.29) is 68.1 Å². The van der Waals surface area contributed by atoms with Crippen molar-refractivity contribution in [1.82, 2.24) is 47.5 Å². The summed E-state index contributed by atoms with van der Waals surface area (Å²) in [5.74, 6) is -8.13. The number of thioether (sulfide) groups is 2. The third-order valence-electron chi connectivity index (χ3n) is 18.6. The molecule has 1 aromatic heterocycles. The molecule has 1 heterocycles. The number of hydrogen-bond acceptors (Lipinski definition) is 17. The van der Waals surface area contributed by atoms with Crippen molar-refractivity contribution < 1.29 is 67.0 Å². The summed E-state index contributed by atoms with van der Waals surface area (Å²) in [4.78, 5) is 158. The lowest BCUT2D eigenvalue weighted by Crippen LogP contribution is -2.59. The minimum atomic E-state index is -1.37. The van der Waals surface area contributed by atoms with Crippen molar-refractivity contribution in [2.75, 3.05) is 54.5 Å². The van der Waals surface area contributed by atoms with Crippen LogP contribution in [0.25, 0.3) is 22.3 Å².